The topological polar surface area (TPSA) is 149 Å². The first kappa shape index (κ1) is 28.1. The molecule has 40 heavy (non-hydrogen) atoms. The van der Waals surface area contributed by atoms with E-state index in [1.165, 1.54) is 13.1 Å². The third kappa shape index (κ3) is 6.73. The van der Waals surface area contributed by atoms with Crippen molar-refractivity contribution in [3.8, 4) is 11.4 Å². The zero-order valence-electron chi connectivity index (χ0n) is 22.7. The molecule has 0 aliphatic carbocycles. The standard InChI is InChI=1S/C29H30N6O5/c1-18(24(38)26-33-34-28(40-26)29(2,3)4)31-23(37)17-35-25(20-13-9-6-10-14-20)30-16-21(27(35)39)32-22(36)15-19-11-7-5-8-12-19/h5-14,16,18H,15,17H2,1-4H3,(H,31,37)(H,32,36). The lowest BCUT2D eigenvalue weighted by Gasteiger charge is -2.16. The van der Waals surface area contributed by atoms with E-state index < -0.39 is 41.2 Å². The van der Waals surface area contributed by atoms with E-state index in [-0.39, 0.29) is 23.8 Å². The van der Waals surface area contributed by atoms with Crippen LogP contribution in [0.1, 0.15) is 49.8 Å². The fraction of sp³-hybridized carbons (Fsp3) is 0.276. The van der Waals surface area contributed by atoms with Crippen LogP contribution in [0.2, 0.25) is 0 Å². The molecule has 0 aliphatic heterocycles. The predicted octanol–water partition coefficient (Wildman–Crippen LogP) is 3.16. The van der Waals surface area contributed by atoms with E-state index in [1.807, 2.05) is 45.0 Å². The minimum absolute atomic E-state index is 0.0629. The van der Waals surface area contributed by atoms with Gasteiger partial charge in [0.05, 0.1) is 18.7 Å². The maximum absolute atomic E-state index is 13.5. The van der Waals surface area contributed by atoms with Gasteiger partial charge >= 0.3 is 0 Å². The summed E-state index contributed by atoms with van der Waals surface area (Å²) in [5.41, 5.74) is 0.248. The number of benzene rings is 2. The number of carbonyl (C=O) groups is 3. The van der Waals surface area contributed by atoms with E-state index in [4.69, 9.17) is 4.42 Å². The molecule has 0 bridgehead atoms. The largest absolute Gasteiger partial charge is 0.418 e. The molecule has 4 rings (SSSR count). The molecular formula is C29H30N6O5. The quantitative estimate of drug-likeness (QED) is 0.306. The molecule has 0 spiro atoms. The Labute approximate surface area is 230 Å². The Kier molecular flexibility index (Phi) is 8.32. The van der Waals surface area contributed by atoms with E-state index in [0.29, 0.717) is 11.5 Å². The molecule has 2 N–H and O–H groups in total. The molecule has 0 saturated heterocycles. The zero-order valence-corrected chi connectivity index (χ0v) is 22.7. The molecule has 0 fully saturated rings. The molecule has 2 aromatic carbocycles. The molecule has 11 nitrogen and oxygen atoms in total. The first-order chi connectivity index (χ1) is 19.0. The molecule has 2 aromatic heterocycles. The van der Waals surface area contributed by atoms with Crippen molar-refractivity contribution >= 4 is 23.3 Å². The highest BCUT2D eigenvalue weighted by Crippen LogP contribution is 2.21. The van der Waals surface area contributed by atoms with Crippen molar-refractivity contribution in [1.29, 1.82) is 0 Å². The molecule has 11 heteroatoms. The van der Waals surface area contributed by atoms with Gasteiger partial charge in [0.2, 0.25) is 23.5 Å². The second-order valence-electron chi connectivity index (χ2n) is 10.3. The van der Waals surface area contributed by atoms with Crippen LogP contribution in [0.3, 0.4) is 0 Å². The fourth-order valence-corrected chi connectivity index (χ4v) is 3.83. The normalized spacial score (nSPS) is 12.0. The Morgan fingerprint density at radius 3 is 2.23 bits per heavy atom. The second-order valence-corrected chi connectivity index (χ2v) is 10.3. The molecule has 0 saturated carbocycles. The summed E-state index contributed by atoms with van der Waals surface area (Å²) >= 11 is 0. The summed E-state index contributed by atoms with van der Waals surface area (Å²) in [6.45, 7) is 6.64. The van der Waals surface area contributed by atoms with Crippen LogP contribution in [0, 0.1) is 0 Å². The maximum Gasteiger partial charge on any atom is 0.286 e. The third-order valence-corrected chi connectivity index (χ3v) is 5.91. The lowest BCUT2D eigenvalue weighted by molar-refractivity contribution is -0.122. The van der Waals surface area contributed by atoms with Crippen LogP contribution in [-0.2, 0) is 28.0 Å². The number of carbonyl (C=O) groups excluding carboxylic acids is 3. The van der Waals surface area contributed by atoms with Crippen LogP contribution in [0.5, 0.6) is 0 Å². The van der Waals surface area contributed by atoms with Crippen molar-refractivity contribution in [2.45, 2.75) is 52.1 Å². The van der Waals surface area contributed by atoms with Crippen LogP contribution in [0.15, 0.2) is 76.1 Å². The summed E-state index contributed by atoms with van der Waals surface area (Å²) in [5.74, 6) is -1.28. The van der Waals surface area contributed by atoms with Crippen LogP contribution >= 0.6 is 0 Å². The van der Waals surface area contributed by atoms with E-state index in [2.05, 4.69) is 25.8 Å². The molecule has 4 aromatic rings. The summed E-state index contributed by atoms with van der Waals surface area (Å²) < 4.78 is 6.65. The number of aromatic nitrogens is 4. The number of ketones is 1. The lowest BCUT2D eigenvalue weighted by Crippen LogP contribution is -2.42. The monoisotopic (exact) mass is 542 g/mol. The van der Waals surface area contributed by atoms with Crippen molar-refractivity contribution in [1.82, 2.24) is 25.1 Å². The summed E-state index contributed by atoms with van der Waals surface area (Å²) in [7, 11) is 0. The van der Waals surface area contributed by atoms with Crippen molar-refractivity contribution in [3.63, 3.8) is 0 Å². The van der Waals surface area contributed by atoms with E-state index >= 15 is 0 Å². The average Bonchev–Trinajstić information content (AvgIpc) is 3.43. The molecular weight excluding hydrogens is 512 g/mol. The zero-order chi connectivity index (χ0) is 28.9. The SMILES string of the molecule is CC(NC(=O)Cn1c(-c2ccccc2)ncc(NC(=O)Cc2ccccc2)c1=O)C(=O)c1nnc(C(C)(C)C)o1. The van der Waals surface area contributed by atoms with Crippen LogP contribution < -0.4 is 16.2 Å². The van der Waals surface area contributed by atoms with Gasteiger partial charge in [-0.15, -0.1) is 10.2 Å². The Balaban J connectivity index is 1.55. The second kappa shape index (κ2) is 11.9. The van der Waals surface area contributed by atoms with Crippen molar-refractivity contribution < 1.29 is 18.8 Å². The number of hydrogen-bond donors (Lipinski definition) is 2. The average molecular weight is 543 g/mol. The smallest absolute Gasteiger partial charge is 0.286 e. The van der Waals surface area contributed by atoms with E-state index in [9.17, 15) is 19.2 Å². The van der Waals surface area contributed by atoms with Crippen LogP contribution in [0.4, 0.5) is 5.69 Å². The number of hydrogen-bond acceptors (Lipinski definition) is 8. The highest BCUT2D eigenvalue weighted by molar-refractivity contribution is 5.98. The minimum Gasteiger partial charge on any atom is -0.418 e. The van der Waals surface area contributed by atoms with Crippen LogP contribution in [0.25, 0.3) is 11.4 Å². The van der Waals surface area contributed by atoms with Crippen LogP contribution in [-0.4, -0.2) is 43.4 Å². The van der Waals surface area contributed by atoms with Crippen molar-refractivity contribution in [2.75, 3.05) is 5.32 Å². The van der Waals surface area contributed by atoms with Crippen molar-refractivity contribution in [2.24, 2.45) is 0 Å². The molecule has 206 valence electrons. The Bertz CT molecular complexity index is 1570. The predicted molar refractivity (Wildman–Crippen MR) is 148 cm³/mol. The Hall–Kier alpha value is -4.93. The van der Waals surface area contributed by atoms with Gasteiger partial charge in [-0.25, -0.2) is 4.98 Å². The number of Topliss-reactive ketones (excluding diaryl/α,β-unsaturated/α-hetero) is 1. The number of nitrogens with zero attached hydrogens (tertiary/aromatic N) is 4. The maximum atomic E-state index is 13.5. The first-order valence-corrected chi connectivity index (χ1v) is 12.7. The minimum atomic E-state index is -1.00. The molecule has 1 unspecified atom stereocenters. The van der Waals surface area contributed by atoms with Gasteiger partial charge < -0.3 is 15.1 Å². The lowest BCUT2D eigenvalue weighted by atomic mass is 9.97. The third-order valence-electron chi connectivity index (χ3n) is 5.91. The van der Waals surface area contributed by atoms with Gasteiger partial charge in [0.1, 0.15) is 18.1 Å². The van der Waals surface area contributed by atoms with Gasteiger partial charge in [-0.1, -0.05) is 81.4 Å². The van der Waals surface area contributed by atoms with Gasteiger partial charge in [-0.2, -0.15) is 0 Å². The summed E-state index contributed by atoms with van der Waals surface area (Å²) in [6, 6.07) is 16.9. The number of amides is 2. The van der Waals surface area contributed by atoms with E-state index in [1.54, 1.807) is 36.4 Å². The Morgan fingerprint density at radius 1 is 0.950 bits per heavy atom. The summed E-state index contributed by atoms with van der Waals surface area (Å²) in [5, 5.41) is 12.9. The van der Waals surface area contributed by atoms with Gasteiger partial charge in [-0.3, -0.25) is 23.7 Å². The summed E-state index contributed by atoms with van der Waals surface area (Å²) in [4.78, 5) is 56.3. The Morgan fingerprint density at radius 2 is 1.60 bits per heavy atom. The molecule has 2 heterocycles. The number of anilines is 1. The molecule has 0 aliphatic rings. The molecule has 0 radical (unpaired) electrons. The van der Waals surface area contributed by atoms with Crippen molar-refractivity contribution in [3.05, 3.63) is 94.6 Å². The number of nitrogens with one attached hydrogen (secondary N) is 2. The number of rotatable bonds is 9. The van der Waals surface area contributed by atoms with Gasteiger partial charge in [0.25, 0.3) is 11.4 Å². The van der Waals surface area contributed by atoms with Gasteiger partial charge in [0.15, 0.2) is 0 Å². The highest BCUT2D eigenvalue weighted by Gasteiger charge is 2.27. The summed E-state index contributed by atoms with van der Waals surface area (Å²) in [6.07, 6.45) is 1.34. The fourth-order valence-electron chi connectivity index (χ4n) is 3.83. The molecule has 1 atom stereocenters. The highest BCUT2D eigenvalue weighted by atomic mass is 16.4. The molecule has 2 amide bonds. The van der Waals surface area contributed by atoms with E-state index in [0.717, 1.165) is 10.1 Å². The van der Waals surface area contributed by atoms with Gasteiger partial charge in [0, 0.05) is 11.0 Å². The van der Waals surface area contributed by atoms with Gasteiger partial charge in [-0.05, 0) is 12.5 Å². The first-order valence-electron chi connectivity index (χ1n) is 12.7.